The first-order valence-corrected chi connectivity index (χ1v) is 12.6. The molecule has 0 saturated carbocycles. The van der Waals surface area contributed by atoms with Crippen molar-refractivity contribution in [3.8, 4) is 0 Å². The number of carboxylic acid groups (broad SMARTS) is 1. The summed E-state index contributed by atoms with van der Waals surface area (Å²) >= 11 is 0. The summed E-state index contributed by atoms with van der Waals surface area (Å²) < 4.78 is 15.7. The predicted molar refractivity (Wildman–Crippen MR) is 138 cm³/mol. The number of ether oxygens (including phenoxy) is 3. The molecule has 13 nitrogen and oxygen atoms in total. The first-order valence-electron chi connectivity index (χ1n) is 12.6. The summed E-state index contributed by atoms with van der Waals surface area (Å²) in [7, 11) is 0. The molecule has 0 aromatic heterocycles. The van der Waals surface area contributed by atoms with Gasteiger partial charge < -0.3 is 29.4 Å². The van der Waals surface area contributed by atoms with Gasteiger partial charge in [-0.15, -0.1) is 0 Å². The van der Waals surface area contributed by atoms with Gasteiger partial charge in [-0.3, -0.25) is 19.2 Å². The number of ketones is 2. The van der Waals surface area contributed by atoms with Gasteiger partial charge in [0.2, 0.25) is 5.91 Å². The topological polar surface area (TPSA) is 194 Å². The highest BCUT2D eigenvalue weighted by molar-refractivity contribution is 5.93. The van der Waals surface area contributed by atoms with Crippen LogP contribution in [-0.2, 0) is 44.8 Å². The van der Waals surface area contributed by atoms with Crippen LogP contribution >= 0.6 is 0 Å². The second-order valence-corrected chi connectivity index (χ2v) is 8.70. The van der Waals surface area contributed by atoms with Gasteiger partial charge in [0, 0.05) is 43.2 Å². The fourth-order valence-electron chi connectivity index (χ4n) is 3.48. The molecule has 0 unspecified atom stereocenters. The molecular weight excluding hydrogens is 512 g/mol. The van der Waals surface area contributed by atoms with E-state index in [1.54, 1.807) is 12.1 Å². The van der Waals surface area contributed by atoms with E-state index in [-0.39, 0.29) is 71.0 Å². The highest BCUT2D eigenvalue weighted by Gasteiger charge is 2.28. The Balaban J connectivity index is 2.53. The summed E-state index contributed by atoms with van der Waals surface area (Å²) in [6.07, 6.45) is -0.623. The molecule has 0 aliphatic rings. The number of carbonyl (C=O) groups excluding carboxylic acids is 4. The van der Waals surface area contributed by atoms with Crippen LogP contribution in [-0.4, -0.2) is 73.5 Å². The van der Waals surface area contributed by atoms with Crippen LogP contribution in [0.15, 0.2) is 35.4 Å². The lowest BCUT2D eigenvalue weighted by Crippen LogP contribution is -2.45. The summed E-state index contributed by atoms with van der Waals surface area (Å²) in [4.78, 5) is 63.3. The lowest BCUT2D eigenvalue weighted by atomic mass is 9.95. The molecule has 0 fully saturated rings. The second kappa shape index (κ2) is 20.2. The first kappa shape index (κ1) is 33.2. The van der Waals surface area contributed by atoms with Crippen molar-refractivity contribution in [1.82, 2.24) is 5.32 Å². The number of hydrogen-bond acceptors (Lipinski definition) is 9. The standard InChI is InChI=1S/C26H36N4O9/c1-19(31)16-21(9-10-25(35)39-18-20-6-3-2-4-7-20)26(36)29-22(17-24(33)34)23(32)8-5-12-37-14-15-38-13-11-28-30-27/h2-4,6-7,21-22H,5,8-18H2,1H3,(H,29,36)(H,33,34)/t21-,22+/m1/s1. The van der Waals surface area contributed by atoms with Gasteiger partial charge in [0.25, 0.3) is 0 Å². The zero-order chi connectivity index (χ0) is 28.9. The van der Waals surface area contributed by atoms with E-state index in [2.05, 4.69) is 15.3 Å². The molecule has 2 atom stereocenters. The molecule has 39 heavy (non-hydrogen) atoms. The smallest absolute Gasteiger partial charge is 0.306 e. The normalized spacial score (nSPS) is 12.0. The monoisotopic (exact) mass is 548 g/mol. The Hall–Kier alpha value is -3.80. The van der Waals surface area contributed by atoms with E-state index >= 15 is 0 Å². The molecule has 0 aliphatic carbocycles. The van der Waals surface area contributed by atoms with Crippen LogP contribution in [0.5, 0.6) is 0 Å². The summed E-state index contributed by atoms with van der Waals surface area (Å²) in [6, 6.07) is 7.78. The van der Waals surface area contributed by atoms with Crippen molar-refractivity contribution in [3.05, 3.63) is 46.3 Å². The van der Waals surface area contributed by atoms with Crippen LogP contribution in [0.4, 0.5) is 0 Å². The average Bonchev–Trinajstić information content (AvgIpc) is 2.90. The van der Waals surface area contributed by atoms with Gasteiger partial charge in [0.1, 0.15) is 12.4 Å². The van der Waals surface area contributed by atoms with E-state index in [0.29, 0.717) is 6.42 Å². The van der Waals surface area contributed by atoms with Crippen LogP contribution in [0.1, 0.15) is 51.0 Å². The molecule has 0 bridgehead atoms. The summed E-state index contributed by atoms with van der Waals surface area (Å²) in [5, 5.41) is 15.0. The molecule has 0 saturated heterocycles. The largest absolute Gasteiger partial charge is 0.481 e. The number of benzene rings is 1. The fraction of sp³-hybridized carbons (Fsp3) is 0.577. The summed E-state index contributed by atoms with van der Waals surface area (Å²) in [5.74, 6) is -4.17. The molecule has 1 rings (SSSR count). The number of nitrogens with zero attached hydrogens (tertiary/aromatic N) is 3. The van der Waals surface area contributed by atoms with Gasteiger partial charge in [0.05, 0.1) is 32.3 Å². The molecule has 2 N–H and O–H groups in total. The van der Waals surface area contributed by atoms with E-state index in [4.69, 9.17) is 19.7 Å². The van der Waals surface area contributed by atoms with Gasteiger partial charge in [-0.25, -0.2) is 0 Å². The number of hydrogen-bond donors (Lipinski definition) is 2. The number of carbonyl (C=O) groups is 5. The minimum atomic E-state index is -1.28. The zero-order valence-electron chi connectivity index (χ0n) is 22.1. The number of rotatable bonds is 22. The van der Waals surface area contributed by atoms with Crippen LogP contribution < -0.4 is 5.32 Å². The lowest BCUT2D eigenvalue weighted by Gasteiger charge is -2.20. The van der Waals surface area contributed by atoms with Gasteiger partial charge in [-0.1, -0.05) is 35.4 Å². The average molecular weight is 549 g/mol. The molecular formula is C26H36N4O9. The van der Waals surface area contributed by atoms with Gasteiger partial charge >= 0.3 is 11.9 Å². The van der Waals surface area contributed by atoms with Crippen LogP contribution in [0.25, 0.3) is 10.4 Å². The number of esters is 1. The number of nitrogens with one attached hydrogen (secondary N) is 1. The number of amides is 1. The van der Waals surface area contributed by atoms with E-state index < -0.39 is 42.0 Å². The maximum Gasteiger partial charge on any atom is 0.306 e. The van der Waals surface area contributed by atoms with Crippen molar-refractivity contribution in [1.29, 1.82) is 0 Å². The second-order valence-electron chi connectivity index (χ2n) is 8.70. The summed E-state index contributed by atoms with van der Waals surface area (Å²) in [6.45, 7) is 2.63. The van der Waals surface area contributed by atoms with Crippen LogP contribution in [0, 0.1) is 5.92 Å². The predicted octanol–water partition coefficient (Wildman–Crippen LogP) is 2.76. The fourth-order valence-corrected chi connectivity index (χ4v) is 3.48. The van der Waals surface area contributed by atoms with Crippen molar-refractivity contribution < 1.29 is 43.3 Å². The maximum atomic E-state index is 12.9. The molecule has 1 amide bonds. The van der Waals surface area contributed by atoms with Crippen molar-refractivity contribution in [2.24, 2.45) is 11.0 Å². The Kier molecular flexibility index (Phi) is 17.2. The number of carboxylic acids is 1. The molecule has 0 spiro atoms. The Morgan fingerprint density at radius 1 is 1.00 bits per heavy atom. The first-order chi connectivity index (χ1) is 18.7. The number of Topliss-reactive ketones (excluding diaryl/α,β-unsaturated/α-hetero) is 2. The molecule has 0 radical (unpaired) electrons. The van der Waals surface area contributed by atoms with E-state index in [9.17, 15) is 29.1 Å². The summed E-state index contributed by atoms with van der Waals surface area (Å²) in [5.41, 5.74) is 8.97. The Morgan fingerprint density at radius 2 is 1.69 bits per heavy atom. The van der Waals surface area contributed by atoms with Crippen molar-refractivity contribution in [2.75, 3.05) is 33.0 Å². The highest BCUT2D eigenvalue weighted by atomic mass is 16.5. The molecule has 0 aliphatic heterocycles. The van der Waals surface area contributed by atoms with E-state index in [0.717, 1.165) is 5.56 Å². The van der Waals surface area contributed by atoms with E-state index in [1.807, 2.05) is 18.2 Å². The molecule has 1 aromatic carbocycles. The van der Waals surface area contributed by atoms with Crippen molar-refractivity contribution >= 4 is 29.4 Å². The molecule has 1 aromatic rings. The Labute approximate surface area is 226 Å². The van der Waals surface area contributed by atoms with Gasteiger partial charge in [-0.05, 0) is 30.9 Å². The minimum Gasteiger partial charge on any atom is -0.481 e. The lowest BCUT2D eigenvalue weighted by molar-refractivity contribution is -0.145. The third kappa shape index (κ3) is 16.6. The number of azide groups is 1. The Bertz CT molecular complexity index is 981. The number of aliphatic carboxylic acids is 1. The van der Waals surface area contributed by atoms with Crippen molar-refractivity contribution in [3.63, 3.8) is 0 Å². The quantitative estimate of drug-likeness (QED) is 0.0720. The van der Waals surface area contributed by atoms with Gasteiger partial charge in [-0.2, -0.15) is 0 Å². The SMILES string of the molecule is CC(=O)C[C@@H](CCC(=O)OCc1ccccc1)C(=O)N[C@@H](CC(=O)O)C(=O)CCCOCCOCCN=[N+]=[N-]. The highest BCUT2D eigenvalue weighted by Crippen LogP contribution is 2.15. The van der Waals surface area contributed by atoms with Crippen LogP contribution in [0.3, 0.4) is 0 Å². The zero-order valence-corrected chi connectivity index (χ0v) is 22.1. The van der Waals surface area contributed by atoms with Gasteiger partial charge in [0.15, 0.2) is 5.78 Å². The molecule has 0 heterocycles. The van der Waals surface area contributed by atoms with Crippen molar-refractivity contribution in [2.45, 2.75) is 58.1 Å². The third-order valence-electron chi connectivity index (χ3n) is 5.41. The minimum absolute atomic E-state index is 0.00575. The molecule has 214 valence electrons. The van der Waals surface area contributed by atoms with Crippen LogP contribution in [0.2, 0.25) is 0 Å². The molecule has 13 heteroatoms. The third-order valence-corrected chi connectivity index (χ3v) is 5.41. The maximum absolute atomic E-state index is 12.9. The Morgan fingerprint density at radius 3 is 2.33 bits per heavy atom. The van der Waals surface area contributed by atoms with E-state index in [1.165, 1.54) is 6.92 Å².